The second-order valence-corrected chi connectivity index (χ2v) is 10.3. The van der Waals surface area contributed by atoms with Gasteiger partial charge < -0.3 is 5.11 Å². The van der Waals surface area contributed by atoms with Crippen LogP contribution in [0.5, 0.6) is 0 Å². The van der Waals surface area contributed by atoms with Crippen molar-refractivity contribution in [2.45, 2.75) is 49.9 Å². The van der Waals surface area contributed by atoms with Crippen molar-refractivity contribution in [3.05, 3.63) is 0 Å². The summed E-state index contributed by atoms with van der Waals surface area (Å²) in [6.45, 7) is 0.401. The molecule has 6 nitrogen and oxygen atoms in total. The van der Waals surface area contributed by atoms with Crippen LogP contribution in [0.2, 0.25) is 0 Å². The molecule has 2 rings (SSSR count). The molecule has 0 amide bonds. The van der Waals surface area contributed by atoms with E-state index in [9.17, 15) is 21.9 Å². The lowest BCUT2D eigenvalue weighted by molar-refractivity contribution is 0.109. The Morgan fingerprint density at radius 3 is 2.10 bits per heavy atom. The molecule has 0 aromatic rings. The predicted octanol–water partition coefficient (Wildman–Crippen LogP) is 0.0341. The average molecular weight is 325 g/mol. The van der Waals surface area contributed by atoms with Crippen LogP contribution in [0.1, 0.15) is 38.5 Å². The Bertz CT molecular complexity index is 506. The average Bonchev–Trinajstić information content (AvgIpc) is 2.38. The zero-order chi connectivity index (χ0) is 14.8. The molecule has 0 aromatic heterocycles. The normalized spacial score (nSPS) is 32.0. The van der Waals surface area contributed by atoms with Crippen LogP contribution in [0.15, 0.2) is 0 Å². The molecule has 1 saturated heterocycles. The van der Waals surface area contributed by atoms with Gasteiger partial charge in [0.25, 0.3) is 0 Å². The second kappa shape index (κ2) is 6.29. The van der Waals surface area contributed by atoms with Gasteiger partial charge in [-0.25, -0.2) is 21.6 Å². The van der Waals surface area contributed by atoms with Gasteiger partial charge in [0.1, 0.15) is 9.84 Å². The van der Waals surface area contributed by atoms with E-state index in [4.69, 9.17) is 0 Å². The first-order chi connectivity index (χ1) is 9.28. The molecule has 1 aliphatic heterocycles. The molecule has 1 heterocycles. The summed E-state index contributed by atoms with van der Waals surface area (Å²) in [7, 11) is -6.46. The molecule has 0 atom stereocenters. The van der Waals surface area contributed by atoms with E-state index in [2.05, 4.69) is 4.72 Å². The van der Waals surface area contributed by atoms with E-state index in [0.29, 0.717) is 6.54 Å². The van der Waals surface area contributed by atoms with Gasteiger partial charge in [0, 0.05) is 6.54 Å². The SMILES string of the molecule is O=S1(=O)CCC(S(=O)(=O)NCC2CCC(O)CC2)CC1. The first kappa shape index (κ1) is 16.2. The van der Waals surface area contributed by atoms with Crippen molar-refractivity contribution in [3.8, 4) is 0 Å². The maximum absolute atomic E-state index is 12.1. The number of aliphatic hydroxyl groups is 1. The molecule has 0 radical (unpaired) electrons. The van der Waals surface area contributed by atoms with E-state index < -0.39 is 25.1 Å². The molecule has 0 aromatic carbocycles. The molecule has 2 N–H and O–H groups in total. The molecule has 8 heteroatoms. The van der Waals surface area contributed by atoms with E-state index in [-0.39, 0.29) is 36.4 Å². The second-order valence-electron chi connectivity index (χ2n) is 5.92. The molecule has 20 heavy (non-hydrogen) atoms. The molecule has 2 fully saturated rings. The molecular weight excluding hydrogens is 302 g/mol. The minimum absolute atomic E-state index is 0.0335. The summed E-state index contributed by atoms with van der Waals surface area (Å²) in [4.78, 5) is 0. The fourth-order valence-corrected chi connectivity index (χ4v) is 6.23. The largest absolute Gasteiger partial charge is 0.393 e. The van der Waals surface area contributed by atoms with Gasteiger partial charge >= 0.3 is 0 Å². The molecule has 0 bridgehead atoms. The first-order valence-electron chi connectivity index (χ1n) is 7.15. The fourth-order valence-electron chi connectivity index (χ4n) is 2.88. The zero-order valence-corrected chi connectivity index (χ0v) is 13.1. The summed E-state index contributed by atoms with van der Waals surface area (Å²) >= 11 is 0. The Kier molecular flexibility index (Phi) is 5.09. The van der Waals surface area contributed by atoms with Gasteiger partial charge in [-0.1, -0.05) is 0 Å². The fraction of sp³-hybridized carbons (Fsp3) is 1.00. The van der Waals surface area contributed by atoms with Crippen LogP contribution in [0, 0.1) is 5.92 Å². The number of sulfonamides is 1. The zero-order valence-electron chi connectivity index (χ0n) is 11.5. The van der Waals surface area contributed by atoms with Gasteiger partial charge in [-0.3, -0.25) is 0 Å². The van der Waals surface area contributed by atoms with E-state index in [1.807, 2.05) is 0 Å². The highest BCUT2D eigenvalue weighted by atomic mass is 32.2. The minimum atomic E-state index is -3.42. The van der Waals surface area contributed by atoms with Crippen LogP contribution >= 0.6 is 0 Å². The van der Waals surface area contributed by atoms with E-state index in [0.717, 1.165) is 25.7 Å². The number of aliphatic hydroxyl groups excluding tert-OH is 1. The van der Waals surface area contributed by atoms with E-state index >= 15 is 0 Å². The van der Waals surface area contributed by atoms with Gasteiger partial charge in [0.05, 0.1) is 22.9 Å². The van der Waals surface area contributed by atoms with Crippen LogP contribution in [0.4, 0.5) is 0 Å². The Morgan fingerprint density at radius 2 is 1.55 bits per heavy atom. The first-order valence-corrected chi connectivity index (χ1v) is 10.5. The number of hydrogen-bond acceptors (Lipinski definition) is 5. The van der Waals surface area contributed by atoms with Gasteiger partial charge in [-0.2, -0.15) is 0 Å². The van der Waals surface area contributed by atoms with Gasteiger partial charge in [-0.15, -0.1) is 0 Å². The minimum Gasteiger partial charge on any atom is -0.393 e. The molecule has 1 aliphatic carbocycles. The summed E-state index contributed by atoms with van der Waals surface area (Å²) in [6.07, 6.45) is 3.28. The Balaban J connectivity index is 1.82. The number of sulfone groups is 1. The van der Waals surface area contributed by atoms with Crippen molar-refractivity contribution < 1.29 is 21.9 Å². The maximum Gasteiger partial charge on any atom is 0.214 e. The lowest BCUT2D eigenvalue weighted by Crippen LogP contribution is -2.42. The van der Waals surface area contributed by atoms with Crippen LogP contribution in [-0.4, -0.2) is 51.3 Å². The van der Waals surface area contributed by atoms with Crippen molar-refractivity contribution in [1.82, 2.24) is 4.72 Å². The summed E-state index contributed by atoms with van der Waals surface area (Å²) in [6, 6.07) is 0. The summed E-state index contributed by atoms with van der Waals surface area (Å²) in [5, 5.41) is 8.83. The van der Waals surface area contributed by atoms with Crippen LogP contribution in [-0.2, 0) is 19.9 Å². The van der Waals surface area contributed by atoms with Crippen molar-refractivity contribution in [2.24, 2.45) is 5.92 Å². The summed E-state index contributed by atoms with van der Waals surface area (Å²) in [5.41, 5.74) is 0. The van der Waals surface area contributed by atoms with E-state index in [1.165, 1.54) is 0 Å². The van der Waals surface area contributed by atoms with Gasteiger partial charge in [-0.05, 0) is 44.4 Å². The molecular formula is C12H23NO5S2. The van der Waals surface area contributed by atoms with Gasteiger partial charge in [0.2, 0.25) is 10.0 Å². The van der Waals surface area contributed by atoms with Crippen molar-refractivity contribution in [3.63, 3.8) is 0 Å². The Labute approximate surface area is 120 Å². The Morgan fingerprint density at radius 1 is 1.00 bits per heavy atom. The standard InChI is InChI=1S/C12H23NO5S2/c14-11-3-1-10(2-4-11)9-13-20(17,18)12-5-7-19(15,16)8-6-12/h10-14H,1-9H2. The monoisotopic (exact) mass is 325 g/mol. The third kappa shape index (κ3) is 4.41. The number of rotatable bonds is 4. The van der Waals surface area contributed by atoms with Gasteiger partial charge in [0.15, 0.2) is 0 Å². The summed E-state index contributed by atoms with van der Waals surface area (Å²) in [5.74, 6) is 0.211. The quantitative estimate of drug-likeness (QED) is 0.760. The van der Waals surface area contributed by atoms with Crippen molar-refractivity contribution >= 4 is 19.9 Å². The predicted molar refractivity (Wildman–Crippen MR) is 76.6 cm³/mol. The highest BCUT2D eigenvalue weighted by Gasteiger charge is 2.33. The summed E-state index contributed by atoms with van der Waals surface area (Å²) < 4.78 is 49.6. The number of nitrogens with one attached hydrogen (secondary N) is 1. The molecule has 118 valence electrons. The maximum atomic E-state index is 12.1. The smallest absolute Gasteiger partial charge is 0.214 e. The van der Waals surface area contributed by atoms with E-state index in [1.54, 1.807) is 0 Å². The van der Waals surface area contributed by atoms with Crippen LogP contribution in [0.25, 0.3) is 0 Å². The highest BCUT2D eigenvalue weighted by molar-refractivity contribution is 7.92. The molecule has 1 saturated carbocycles. The van der Waals surface area contributed by atoms with Crippen molar-refractivity contribution in [2.75, 3.05) is 18.1 Å². The highest BCUT2D eigenvalue weighted by Crippen LogP contribution is 2.24. The Hall–Kier alpha value is -0.180. The number of hydrogen-bond donors (Lipinski definition) is 2. The third-order valence-electron chi connectivity index (χ3n) is 4.33. The van der Waals surface area contributed by atoms with Crippen LogP contribution < -0.4 is 4.72 Å². The molecule has 0 unspecified atom stereocenters. The third-order valence-corrected chi connectivity index (χ3v) is 7.96. The van der Waals surface area contributed by atoms with Crippen LogP contribution in [0.3, 0.4) is 0 Å². The molecule has 2 aliphatic rings. The lowest BCUT2D eigenvalue weighted by Gasteiger charge is -2.27. The lowest BCUT2D eigenvalue weighted by atomic mass is 9.88. The topological polar surface area (TPSA) is 101 Å². The molecule has 0 spiro atoms. The van der Waals surface area contributed by atoms with Crippen molar-refractivity contribution in [1.29, 1.82) is 0 Å².